The van der Waals surface area contributed by atoms with Gasteiger partial charge in [-0.15, -0.1) is 0 Å². The number of fused-ring (bicyclic) bond motifs is 1. The highest BCUT2D eigenvalue weighted by Crippen LogP contribution is 2.45. The van der Waals surface area contributed by atoms with Gasteiger partial charge >= 0.3 is 6.09 Å². The number of amides is 2. The Morgan fingerprint density at radius 3 is 2.60 bits per heavy atom. The van der Waals surface area contributed by atoms with Crippen molar-refractivity contribution in [2.24, 2.45) is 0 Å². The fourth-order valence-corrected chi connectivity index (χ4v) is 4.99. The zero-order valence-electron chi connectivity index (χ0n) is 25.2. The lowest BCUT2D eigenvalue weighted by molar-refractivity contribution is 0.0579. The molecule has 3 N–H and O–H groups in total. The number of aromatic nitrogens is 2. The molecule has 43 heavy (non-hydrogen) atoms. The van der Waals surface area contributed by atoms with Crippen LogP contribution in [0.5, 0.6) is 5.75 Å². The molecule has 11 nitrogen and oxygen atoms in total. The van der Waals surface area contributed by atoms with Crippen LogP contribution in [-0.4, -0.2) is 59.0 Å². The number of rotatable bonds is 7. The summed E-state index contributed by atoms with van der Waals surface area (Å²) in [6.45, 7) is 11.4. The van der Waals surface area contributed by atoms with Gasteiger partial charge in [0.1, 0.15) is 17.4 Å². The van der Waals surface area contributed by atoms with E-state index >= 15 is 0 Å². The Morgan fingerprint density at radius 2 is 1.98 bits per heavy atom. The molecule has 0 aliphatic carbocycles. The van der Waals surface area contributed by atoms with Crippen LogP contribution in [0.2, 0.25) is 5.02 Å². The van der Waals surface area contributed by atoms with Gasteiger partial charge in [0.25, 0.3) is 5.91 Å². The van der Waals surface area contributed by atoms with Crippen molar-refractivity contribution in [3.63, 3.8) is 0 Å². The number of hydrogen-bond donors (Lipinski definition) is 3. The maximum Gasteiger partial charge on any atom is 0.414 e. The molecule has 1 aliphatic rings. The predicted molar refractivity (Wildman–Crippen MR) is 164 cm³/mol. The summed E-state index contributed by atoms with van der Waals surface area (Å²) in [5.74, 6) is 0.104. The average Bonchev–Trinajstić information content (AvgIpc) is 3.21. The monoisotopic (exact) mass is 606 g/mol. The number of aliphatic hydroxyl groups is 1. The van der Waals surface area contributed by atoms with Gasteiger partial charge in [-0.2, -0.15) is 5.26 Å². The summed E-state index contributed by atoms with van der Waals surface area (Å²) in [7, 11) is 1.46. The number of hydrogen-bond acceptors (Lipinski definition) is 9. The third kappa shape index (κ3) is 6.98. The molecule has 0 spiro atoms. The number of benzene rings is 2. The summed E-state index contributed by atoms with van der Waals surface area (Å²) in [5, 5.41) is 25.4. The normalized spacial score (nSPS) is 14.4. The van der Waals surface area contributed by atoms with Gasteiger partial charge < -0.3 is 25.2 Å². The van der Waals surface area contributed by atoms with Crippen LogP contribution in [0.3, 0.4) is 0 Å². The van der Waals surface area contributed by atoms with Gasteiger partial charge in [0.05, 0.1) is 46.4 Å². The van der Waals surface area contributed by atoms with Crippen LogP contribution in [0.1, 0.15) is 63.0 Å². The number of aliphatic hydroxyl groups excluding tert-OH is 1. The summed E-state index contributed by atoms with van der Waals surface area (Å²) in [6.07, 6.45) is 0.365. The molecule has 1 aliphatic heterocycles. The Balaban J connectivity index is 1.68. The molecule has 2 amide bonds. The van der Waals surface area contributed by atoms with Gasteiger partial charge in [-0.25, -0.2) is 14.8 Å². The van der Waals surface area contributed by atoms with E-state index in [-0.39, 0.29) is 23.1 Å². The maximum atomic E-state index is 13.1. The second-order valence-corrected chi connectivity index (χ2v) is 12.4. The molecule has 12 heteroatoms. The Morgan fingerprint density at radius 1 is 1.26 bits per heavy atom. The quantitative estimate of drug-likeness (QED) is 0.314. The SMILES string of the molecule is COc1cc(C(=O)NCC(C)O)c(Cl)cc1Nc1nccc(-c2cc(C#N)c3c(c2)C(C)(C)CN3C(=O)OC(C)(C)C)n1. The highest BCUT2D eigenvalue weighted by molar-refractivity contribution is 6.34. The van der Waals surface area contributed by atoms with E-state index in [9.17, 15) is 20.0 Å². The Hall–Kier alpha value is -4.40. The van der Waals surface area contributed by atoms with Gasteiger partial charge in [0, 0.05) is 30.3 Å². The molecule has 0 bridgehead atoms. The first-order valence-electron chi connectivity index (χ1n) is 13.7. The molecule has 0 saturated heterocycles. The molecule has 2 heterocycles. The number of carbonyl (C=O) groups excluding carboxylic acids is 2. The van der Waals surface area contributed by atoms with Crippen molar-refractivity contribution < 1.29 is 24.2 Å². The van der Waals surface area contributed by atoms with Gasteiger partial charge in [0.2, 0.25) is 5.95 Å². The number of carbonyl (C=O) groups is 2. The number of halogens is 1. The van der Waals surface area contributed by atoms with Gasteiger partial charge in [-0.3, -0.25) is 9.69 Å². The second kappa shape index (κ2) is 12.1. The summed E-state index contributed by atoms with van der Waals surface area (Å²) in [6, 6.07) is 10.6. The highest BCUT2D eigenvalue weighted by atomic mass is 35.5. The molecule has 0 fully saturated rings. The molecular weight excluding hydrogens is 572 g/mol. The smallest absolute Gasteiger partial charge is 0.414 e. The molecule has 226 valence electrons. The molecule has 2 aromatic carbocycles. The minimum atomic E-state index is -0.708. The van der Waals surface area contributed by atoms with Crippen LogP contribution in [0, 0.1) is 11.3 Å². The number of ether oxygens (including phenoxy) is 2. The minimum absolute atomic E-state index is 0.0739. The lowest BCUT2D eigenvalue weighted by Gasteiger charge is -2.26. The second-order valence-electron chi connectivity index (χ2n) is 12.0. The summed E-state index contributed by atoms with van der Waals surface area (Å²) < 4.78 is 11.1. The lowest BCUT2D eigenvalue weighted by Crippen LogP contribution is -2.38. The third-order valence-electron chi connectivity index (χ3n) is 6.69. The van der Waals surface area contributed by atoms with E-state index in [1.54, 1.807) is 46.0 Å². The minimum Gasteiger partial charge on any atom is -0.495 e. The first-order valence-corrected chi connectivity index (χ1v) is 14.0. The first-order chi connectivity index (χ1) is 20.1. The van der Waals surface area contributed by atoms with E-state index in [0.29, 0.717) is 40.5 Å². The number of nitriles is 1. The lowest BCUT2D eigenvalue weighted by atomic mass is 9.85. The van der Waals surface area contributed by atoms with E-state index in [0.717, 1.165) is 5.56 Å². The topological polar surface area (TPSA) is 150 Å². The Labute approximate surface area is 255 Å². The van der Waals surface area contributed by atoms with E-state index in [1.165, 1.54) is 24.1 Å². The van der Waals surface area contributed by atoms with Crippen LogP contribution >= 0.6 is 11.6 Å². The molecule has 3 aromatic rings. The van der Waals surface area contributed by atoms with Crippen LogP contribution in [0.25, 0.3) is 11.3 Å². The Kier molecular flexibility index (Phi) is 8.85. The highest BCUT2D eigenvalue weighted by Gasteiger charge is 2.42. The van der Waals surface area contributed by atoms with Crippen molar-refractivity contribution >= 4 is 40.9 Å². The first kappa shape index (κ1) is 31.5. The molecule has 0 radical (unpaired) electrons. The number of anilines is 3. The molecule has 1 atom stereocenters. The van der Waals surface area contributed by atoms with E-state index in [4.69, 9.17) is 21.1 Å². The summed E-state index contributed by atoms with van der Waals surface area (Å²) in [4.78, 5) is 36.1. The van der Waals surface area contributed by atoms with Crippen molar-refractivity contribution in [3.8, 4) is 23.1 Å². The molecule has 1 aromatic heterocycles. The van der Waals surface area contributed by atoms with E-state index in [1.807, 2.05) is 19.9 Å². The fraction of sp³-hybridized carbons (Fsp3) is 0.387. The van der Waals surface area contributed by atoms with Crippen LogP contribution < -0.4 is 20.3 Å². The van der Waals surface area contributed by atoms with Crippen molar-refractivity contribution in [2.45, 2.75) is 58.7 Å². The molecular formula is C31H35ClN6O5. The van der Waals surface area contributed by atoms with Crippen LogP contribution in [0.15, 0.2) is 36.5 Å². The molecule has 0 saturated carbocycles. The summed E-state index contributed by atoms with van der Waals surface area (Å²) >= 11 is 6.42. The predicted octanol–water partition coefficient (Wildman–Crippen LogP) is 5.56. The van der Waals surface area contributed by atoms with Crippen molar-refractivity contribution in [1.29, 1.82) is 5.26 Å². The zero-order chi connectivity index (χ0) is 31.7. The zero-order valence-corrected chi connectivity index (χ0v) is 26.0. The van der Waals surface area contributed by atoms with Crippen molar-refractivity contribution in [1.82, 2.24) is 15.3 Å². The number of nitrogens with zero attached hydrogens (tertiary/aromatic N) is 4. The standard InChI is InChI=1S/C31H35ClN6O5/c1-17(39)15-35-27(40)20-12-25(42-7)24(13-22(20)32)37-28-34-9-8-23(36-28)18-10-19(14-33)26-21(11-18)31(5,6)16-38(26)29(41)43-30(2,3)4/h8-13,17,39H,15-16H2,1-7H3,(H,35,40)(H,34,36,37). The average molecular weight is 607 g/mol. The van der Waals surface area contributed by atoms with E-state index < -0.39 is 29.1 Å². The van der Waals surface area contributed by atoms with E-state index in [2.05, 4.69) is 26.7 Å². The van der Waals surface area contributed by atoms with Crippen LogP contribution in [-0.2, 0) is 10.2 Å². The van der Waals surface area contributed by atoms with Gasteiger partial charge in [-0.05, 0) is 63.6 Å². The largest absolute Gasteiger partial charge is 0.495 e. The maximum absolute atomic E-state index is 13.1. The third-order valence-corrected chi connectivity index (χ3v) is 7.00. The molecule has 1 unspecified atom stereocenters. The van der Waals surface area contributed by atoms with Gasteiger partial charge in [-0.1, -0.05) is 25.4 Å². The number of methoxy groups -OCH3 is 1. The Bertz CT molecular complexity index is 1610. The van der Waals surface area contributed by atoms with Crippen molar-refractivity contribution in [3.05, 3.63) is 58.2 Å². The summed E-state index contributed by atoms with van der Waals surface area (Å²) in [5.41, 5.74) is 2.40. The van der Waals surface area contributed by atoms with Crippen molar-refractivity contribution in [2.75, 3.05) is 30.4 Å². The number of nitrogens with one attached hydrogen (secondary N) is 2. The fourth-order valence-electron chi connectivity index (χ4n) is 4.74. The van der Waals surface area contributed by atoms with Gasteiger partial charge in [0.15, 0.2) is 0 Å². The molecule has 4 rings (SSSR count). The van der Waals surface area contributed by atoms with Crippen LogP contribution in [0.4, 0.5) is 22.1 Å².